The van der Waals surface area contributed by atoms with E-state index in [1.807, 2.05) is 24.3 Å². The molecule has 0 radical (unpaired) electrons. The molecule has 2 aromatic rings. The molecule has 0 saturated carbocycles. The van der Waals surface area contributed by atoms with Crippen molar-refractivity contribution in [1.29, 1.82) is 0 Å². The van der Waals surface area contributed by atoms with Gasteiger partial charge in [-0.05, 0) is 53.0 Å². The molecular formula is C15H14BrClN2O2. The molecule has 0 aliphatic heterocycles. The van der Waals surface area contributed by atoms with Crippen molar-refractivity contribution in [2.24, 2.45) is 0 Å². The minimum atomic E-state index is -0.377. The van der Waals surface area contributed by atoms with Crippen LogP contribution in [0.1, 0.15) is 11.1 Å². The van der Waals surface area contributed by atoms with Gasteiger partial charge in [-0.25, -0.2) is 0 Å². The van der Waals surface area contributed by atoms with Crippen LogP contribution in [-0.4, -0.2) is 11.5 Å². The van der Waals surface area contributed by atoms with Crippen molar-refractivity contribution in [2.45, 2.75) is 13.3 Å². The van der Waals surface area contributed by atoms with E-state index >= 15 is 0 Å². The molecule has 0 aliphatic rings. The van der Waals surface area contributed by atoms with Crippen LogP contribution >= 0.6 is 27.5 Å². The molecule has 2 rings (SSSR count). The Bertz CT molecular complexity index is 659. The SMILES string of the molecule is Cc1cc(NCCc2ccc(Cl)cc2)c(Br)cc1[N+](=O)[O-]. The number of nitro groups is 1. The fraction of sp³-hybridized carbons (Fsp3) is 0.200. The maximum atomic E-state index is 10.9. The molecule has 0 heterocycles. The Balaban J connectivity index is 2.02. The van der Waals surface area contributed by atoms with Crippen molar-refractivity contribution in [3.63, 3.8) is 0 Å². The Morgan fingerprint density at radius 1 is 1.29 bits per heavy atom. The van der Waals surface area contributed by atoms with E-state index in [1.165, 1.54) is 11.6 Å². The monoisotopic (exact) mass is 368 g/mol. The number of nitrogens with zero attached hydrogens (tertiary/aromatic N) is 1. The molecule has 0 atom stereocenters. The summed E-state index contributed by atoms with van der Waals surface area (Å²) in [7, 11) is 0. The summed E-state index contributed by atoms with van der Waals surface area (Å²) in [4.78, 5) is 10.5. The summed E-state index contributed by atoms with van der Waals surface area (Å²) in [5, 5.41) is 14.9. The van der Waals surface area contributed by atoms with E-state index < -0.39 is 0 Å². The van der Waals surface area contributed by atoms with Gasteiger partial charge in [0, 0.05) is 33.4 Å². The second-order valence-electron chi connectivity index (χ2n) is 4.68. The Kier molecular flexibility index (Phi) is 5.20. The maximum absolute atomic E-state index is 10.9. The van der Waals surface area contributed by atoms with E-state index in [-0.39, 0.29) is 10.6 Å². The average molecular weight is 370 g/mol. The molecule has 6 heteroatoms. The number of nitro benzene ring substituents is 1. The number of benzene rings is 2. The molecule has 2 aromatic carbocycles. The quantitative estimate of drug-likeness (QED) is 0.598. The lowest BCUT2D eigenvalue weighted by Crippen LogP contribution is -2.06. The highest BCUT2D eigenvalue weighted by molar-refractivity contribution is 9.10. The minimum absolute atomic E-state index is 0.116. The summed E-state index contributed by atoms with van der Waals surface area (Å²) in [6, 6.07) is 11.0. The number of anilines is 1. The second-order valence-corrected chi connectivity index (χ2v) is 5.97. The van der Waals surface area contributed by atoms with Crippen LogP contribution in [0, 0.1) is 17.0 Å². The van der Waals surface area contributed by atoms with Crippen LogP contribution in [0.3, 0.4) is 0 Å². The highest BCUT2D eigenvalue weighted by Gasteiger charge is 2.13. The van der Waals surface area contributed by atoms with Crippen molar-refractivity contribution < 1.29 is 4.92 Å². The minimum Gasteiger partial charge on any atom is -0.384 e. The summed E-state index contributed by atoms with van der Waals surface area (Å²) >= 11 is 9.20. The van der Waals surface area contributed by atoms with Crippen LogP contribution < -0.4 is 5.32 Å². The van der Waals surface area contributed by atoms with Crippen LogP contribution in [0.15, 0.2) is 40.9 Å². The van der Waals surface area contributed by atoms with Crippen molar-refractivity contribution >= 4 is 38.9 Å². The summed E-state index contributed by atoms with van der Waals surface area (Å²) in [5.74, 6) is 0. The van der Waals surface area contributed by atoms with Crippen LogP contribution in [0.4, 0.5) is 11.4 Å². The van der Waals surface area contributed by atoms with Crippen LogP contribution in [0.5, 0.6) is 0 Å². The fourth-order valence-corrected chi connectivity index (χ4v) is 2.59. The first-order chi connectivity index (χ1) is 9.97. The van der Waals surface area contributed by atoms with E-state index in [2.05, 4.69) is 21.2 Å². The van der Waals surface area contributed by atoms with Gasteiger partial charge >= 0.3 is 0 Å². The molecule has 0 fully saturated rings. The molecule has 0 aliphatic carbocycles. The Morgan fingerprint density at radius 2 is 1.95 bits per heavy atom. The van der Waals surface area contributed by atoms with E-state index in [4.69, 9.17) is 11.6 Å². The predicted octanol–water partition coefficient (Wildman–Crippen LogP) is 4.97. The van der Waals surface area contributed by atoms with Gasteiger partial charge in [-0.15, -0.1) is 0 Å². The van der Waals surface area contributed by atoms with Gasteiger partial charge in [0.15, 0.2) is 0 Å². The molecule has 1 N–H and O–H groups in total. The molecule has 0 amide bonds. The highest BCUT2D eigenvalue weighted by Crippen LogP contribution is 2.30. The van der Waals surface area contributed by atoms with E-state index in [0.29, 0.717) is 10.0 Å². The lowest BCUT2D eigenvalue weighted by Gasteiger charge is -2.10. The van der Waals surface area contributed by atoms with Gasteiger partial charge in [-0.1, -0.05) is 23.7 Å². The lowest BCUT2D eigenvalue weighted by atomic mass is 10.1. The Labute approximate surface area is 136 Å². The van der Waals surface area contributed by atoms with Gasteiger partial charge in [0.25, 0.3) is 5.69 Å². The van der Waals surface area contributed by atoms with Gasteiger partial charge in [0.2, 0.25) is 0 Å². The van der Waals surface area contributed by atoms with Crippen molar-refractivity contribution in [2.75, 3.05) is 11.9 Å². The van der Waals surface area contributed by atoms with Gasteiger partial charge in [-0.3, -0.25) is 10.1 Å². The third-order valence-corrected chi connectivity index (χ3v) is 4.03. The summed E-state index contributed by atoms with van der Waals surface area (Å²) in [6.45, 7) is 2.46. The Morgan fingerprint density at radius 3 is 2.57 bits per heavy atom. The number of hydrogen-bond acceptors (Lipinski definition) is 3. The molecular weight excluding hydrogens is 356 g/mol. The van der Waals surface area contributed by atoms with Crippen LogP contribution in [-0.2, 0) is 6.42 Å². The third-order valence-electron chi connectivity index (χ3n) is 3.12. The summed E-state index contributed by atoms with van der Waals surface area (Å²) < 4.78 is 0.691. The zero-order chi connectivity index (χ0) is 15.4. The first-order valence-corrected chi connectivity index (χ1v) is 7.57. The summed E-state index contributed by atoms with van der Waals surface area (Å²) in [5.41, 5.74) is 2.79. The zero-order valence-electron chi connectivity index (χ0n) is 11.4. The van der Waals surface area contributed by atoms with Crippen LogP contribution in [0.2, 0.25) is 5.02 Å². The first-order valence-electron chi connectivity index (χ1n) is 6.40. The maximum Gasteiger partial charge on any atom is 0.273 e. The summed E-state index contributed by atoms with van der Waals surface area (Å²) in [6.07, 6.45) is 0.847. The van der Waals surface area contributed by atoms with Gasteiger partial charge < -0.3 is 5.32 Å². The number of hydrogen-bond donors (Lipinski definition) is 1. The van der Waals surface area contributed by atoms with E-state index in [1.54, 1.807) is 13.0 Å². The van der Waals surface area contributed by atoms with Crippen molar-refractivity contribution in [1.82, 2.24) is 0 Å². The van der Waals surface area contributed by atoms with Crippen LogP contribution in [0.25, 0.3) is 0 Å². The molecule has 21 heavy (non-hydrogen) atoms. The topological polar surface area (TPSA) is 55.2 Å². The standard InChI is InChI=1S/C15H14BrClN2O2/c1-10-8-14(13(16)9-15(10)19(20)21)18-7-6-11-2-4-12(17)5-3-11/h2-5,8-9,18H,6-7H2,1H3. The third kappa shape index (κ3) is 4.19. The number of rotatable bonds is 5. The lowest BCUT2D eigenvalue weighted by molar-refractivity contribution is -0.385. The first kappa shape index (κ1) is 15.8. The predicted molar refractivity (Wildman–Crippen MR) is 89.2 cm³/mol. The van der Waals surface area contributed by atoms with Gasteiger partial charge in [0.05, 0.1) is 4.92 Å². The fourth-order valence-electron chi connectivity index (χ4n) is 2.00. The smallest absolute Gasteiger partial charge is 0.273 e. The molecule has 0 unspecified atom stereocenters. The Hall–Kier alpha value is -1.59. The van der Waals surface area contributed by atoms with Crippen molar-refractivity contribution in [3.8, 4) is 0 Å². The van der Waals surface area contributed by atoms with Crippen molar-refractivity contribution in [3.05, 3.63) is 67.1 Å². The molecule has 0 bridgehead atoms. The molecule has 0 spiro atoms. The molecule has 0 aromatic heterocycles. The van der Waals surface area contributed by atoms with E-state index in [0.717, 1.165) is 23.7 Å². The number of halogens is 2. The van der Waals surface area contributed by atoms with Gasteiger partial charge in [0.1, 0.15) is 0 Å². The highest BCUT2D eigenvalue weighted by atomic mass is 79.9. The molecule has 0 saturated heterocycles. The average Bonchev–Trinajstić information content (AvgIpc) is 2.44. The molecule has 4 nitrogen and oxygen atoms in total. The second kappa shape index (κ2) is 6.91. The van der Waals surface area contributed by atoms with E-state index in [9.17, 15) is 10.1 Å². The largest absolute Gasteiger partial charge is 0.384 e. The number of nitrogens with one attached hydrogen (secondary N) is 1. The normalized spacial score (nSPS) is 10.4. The molecule has 110 valence electrons. The van der Waals surface area contributed by atoms with Gasteiger partial charge in [-0.2, -0.15) is 0 Å². The number of aryl methyl sites for hydroxylation is 1. The zero-order valence-corrected chi connectivity index (χ0v) is 13.7.